The Kier molecular flexibility index (Phi) is 6.09. The Balaban J connectivity index is 1.66. The molecule has 2 fully saturated rings. The second-order valence-electron chi connectivity index (χ2n) is 7.24. The molecule has 0 radical (unpaired) electrons. The minimum atomic E-state index is 0.0550. The third kappa shape index (κ3) is 4.59. The first-order valence-corrected chi connectivity index (χ1v) is 9.29. The number of morpholine rings is 1. The molecule has 25 heavy (non-hydrogen) atoms. The first kappa shape index (κ1) is 18.4. The molecule has 3 rings (SSSR count). The third-order valence-electron chi connectivity index (χ3n) is 4.91. The van der Waals surface area contributed by atoms with Gasteiger partial charge in [-0.2, -0.15) is 5.10 Å². The van der Waals surface area contributed by atoms with Gasteiger partial charge in [-0.3, -0.25) is 14.4 Å². The zero-order valence-electron chi connectivity index (χ0n) is 15.6. The Hall–Kier alpha value is -1.44. The number of amides is 1. The van der Waals surface area contributed by atoms with Crippen LogP contribution in [0.2, 0.25) is 0 Å². The lowest BCUT2D eigenvalue weighted by Crippen LogP contribution is -2.46. The summed E-state index contributed by atoms with van der Waals surface area (Å²) in [6.07, 6.45) is 0.933. The molecule has 1 amide bonds. The van der Waals surface area contributed by atoms with Gasteiger partial charge < -0.3 is 14.4 Å². The molecule has 0 aromatic carbocycles. The lowest BCUT2D eigenvalue weighted by atomic mass is 10.1. The molecule has 7 nitrogen and oxygen atoms in total. The molecule has 0 aliphatic carbocycles. The molecule has 7 heteroatoms. The van der Waals surface area contributed by atoms with Crippen molar-refractivity contribution in [3.8, 4) is 0 Å². The zero-order valence-corrected chi connectivity index (χ0v) is 15.6. The second-order valence-corrected chi connectivity index (χ2v) is 7.24. The summed E-state index contributed by atoms with van der Waals surface area (Å²) in [6.45, 7) is 10.6. The highest BCUT2D eigenvalue weighted by atomic mass is 16.5. The summed E-state index contributed by atoms with van der Waals surface area (Å²) in [5.74, 6) is 0.369. The highest BCUT2D eigenvalue weighted by Crippen LogP contribution is 2.17. The maximum atomic E-state index is 13.0. The number of ether oxygens (including phenoxy) is 2. The quantitative estimate of drug-likeness (QED) is 0.814. The van der Waals surface area contributed by atoms with Crippen LogP contribution in [0.5, 0.6) is 0 Å². The average Bonchev–Trinajstić information content (AvgIpc) is 2.84. The van der Waals surface area contributed by atoms with E-state index in [1.54, 1.807) is 4.68 Å². The fraction of sp³-hybridized carbons (Fsp3) is 0.778. The van der Waals surface area contributed by atoms with Gasteiger partial charge in [-0.05, 0) is 18.4 Å². The van der Waals surface area contributed by atoms with Crippen LogP contribution in [0.4, 0.5) is 0 Å². The first-order chi connectivity index (χ1) is 12.0. The number of rotatable bonds is 4. The van der Waals surface area contributed by atoms with Crippen LogP contribution < -0.4 is 0 Å². The first-order valence-electron chi connectivity index (χ1n) is 9.29. The molecule has 1 atom stereocenters. The Morgan fingerprint density at radius 3 is 2.72 bits per heavy atom. The van der Waals surface area contributed by atoms with Crippen LogP contribution in [0.3, 0.4) is 0 Å². The Bertz CT molecular complexity index is 581. The van der Waals surface area contributed by atoms with E-state index >= 15 is 0 Å². The molecule has 140 valence electrons. The topological polar surface area (TPSA) is 59.8 Å². The van der Waals surface area contributed by atoms with E-state index in [1.165, 1.54) is 0 Å². The fourth-order valence-corrected chi connectivity index (χ4v) is 3.40. The van der Waals surface area contributed by atoms with Crippen LogP contribution in [-0.4, -0.2) is 84.1 Å². The summed E-state index contributed by atoms with van der Waals surface area (Å²) < 4.78 is 13.1. The van der Waals surface area contributed by atoms with Crippen LogP contribution in [0.25, 0.3) is 0 Å². The Labute approximate surface area is 149 Å². The van der Waals surface area contributed by atoms with Crippen molar-refractivity contribution < 1.29 is 14.3 Å². The van der Waals surface area contributed by atoms with E-state index in [9.17, 15) is 4.79 Å². The van der Waals surface area contributed by atoms with Gasteiger partial charge in [0.25, 0.3) is 5.91 Å². The van der Waals surface area contributed by atoms with Gasteiger partial charge in [0.15, 0.2) is 0 Å². The Morgan fingerprint density at radius 1 is 1.28 bits per heavy atom. The van der Waals surface area contributed by atoms with Crippen LogP contribution in [-0.2, 0) is 16.5 Å². The van der Waals surface area contributed by atoms with Gasteiger partial charge in [0, 0.05) is 46.4 Å². The largest absolute Gasteiger partial charge is 0.379 e. The predicted octanol–water partition coefficient (Wildman–Crippen LogP) is 1.11. The predicted molar refractivity (Wildman–Crippen MR) is 94.8 cm³/mol. The molecule has 2 saturated heterocycles. The highest BCUT2D eigenvalue weighted by molar-refractivity contribution is 5.92. The second kappa shape index (κ2) is 8.29. The van der Waals surface area contributed by atoms with Crippen molar-refractivity contribution in [3.63, 3.8) is 0 Å². The highest BCUT2D eigenvalue weighted by Gasteiger charge is 2.27. The van der Waals surface area contributed by atoms with Gasteiger partial charge in [-0.1, -0.05) is 13.8 Å². The number of carbonyl (C=O) groups is 1. The van der Waals surface area contributed by atoms with Crippen LogP contribution in [0, 0.1) is 0 Å². The molecule has 0 bridgehead atoms. The monoisotopic (exact) mass is 350 g/mol. The number of nitrogens with zero attached hydrogens (tertiary/aromatic N) is 4. The number of aryl methyl sites for hydroxylation is 1. The molecule has 3 heterocycles. The molecule has 2 aliphatic rings. The van der Waals surface area contributed by atoms with E-state index in [2.05, 4.69) is 23.8 Å². The molecule has 0 N–H and O–H groups in total. The zero-order chi connectivity index (χ0) is 17.8. The van der Waals surface area contributed by atoms with Crippen molar-refractivity contribution in [2.24, 2.45) is 7.05 Å². The Morgan fingerprint density at radius 2 is 2.04 bits per heavy atom. The summed E-state index contributed by atoms with van der Waals surface area (Å²) in [5, 5.41) is 4.48. The van der Waals surface area contributed by atoms with Gasteiger partial charge in [0.05, 0.1) is 25.0 Å². The third-order valence-corrected chi connectivity index (χ3v) is 4.91. The lowest BCUT2D eigenvalue weighted by molar-refractivity contribution is -0.0113. The van der Waals surface area contributed by atoms with Gasteiger partial charge in [0.1, 0.15) is 5.69 Å². The van der Waals surface area contributed by atoms with Gasteiger partial charge in [-0.25, -0.2) is 0 Å². The standard InChI is InChI=1S/C18H30N4O3/c1-14(2)16-11-17(20(3)19-16)18(23)22-5-4-8-25-15(13-22)12-21-6-9-24-10-7-21/h11,14-15H,4-10,12-13H2,1-3H3/t15-/m0/s1. The van der Waals surface area contributed by atoms with Crippen molar-refractivity contribution in [1.82, 2.24) is 19.6 Å². The molecule has 2 aliphatic heterocycles. The lowest BCUT2D eigenvalue weighted by Gasteiger charge is -2.31. The molecule has 0 spiro atoms. The van der Waals surface area contributed by atoms with E-state index in [-0.39, 0.29) is 12.0 Å². The van der Waals surface area contributed by atoms with Crippen LogP contribution in [0.15, 0.2) is 6.07 Å². The van der Waals surface area contributed by atoms with Crippen LogP contribution >= 0.6 is 0 Å². The molecule has 0 saturated carbocycles. The van der Waals surface area contributed by atoms with E-state index < -0.39 is 0 Å². The maximum absolute atomic E-state index is 13.0. The average molecular weight is 350 g/mol. The summed E-state index contributed by atoms with van der Waals surface area (Å²) in [5.41, 5.74) is 1.62. The van der Waals surface area contributed by atoms with E-state index in [4.69, 9.17) is 9.47 Å². The molecular weight excluding hydrogens is 320 g/mol. The number of hydrogen-bond acceptors (Lipinski definition) is 5. The van der Waals surface area contributed by atoms with Crippen molar-refractivity contribution in [2.75, 3.05) is 52.5 Å². The minimum absolute atomic E-state index is 0.0550. The van der Waals surface area contributed by atoms with E-state index in [0.717, 1.165) is 51.5 Å². The molecule has 1 aromatic rings. The van der Waals surface area contributed by atoms with Gasteiger partial charge >= 0.3 is 0 Å². The molecule has 1 aromatic heterocycles. The summed E-state index contributed by atoms with van der Waals surface area (Å²) >= 11 is 0. The minimum Gasteiger partial charge on any atom is -0.379 e. The fourth-order valence-electron chi connectivity index (χ4n) is 3.40. The van der Waals surface area contributed by atoms with Crippen LogP contribution in [0.1, 0.15) is 42.4 Å². The SMILES string of the molecule is CC(C)c1cc(C(=O)N2CCCO[C@@H](CN3CCOCC3)C2)n(C)n1. The summed E-state index contributed by atoms with van der Waals surface area (Å²) in [6, 6.07) is 1.93. The normalized spacial score (nSPS) is 23.0. The van der Waals surface area contributed by atoms with Crippen molar-refractivity contribution in [1.29, 1.82) is 0 Å². The van der Waals surface area contributed by atoms with Gasteiger partial charge in [0.2, 0.25) is 0 Å². The molecule has 0 unspecified atom stereocenters. The number of carbonyl (C=O) groups excluding carboxylic acids is 1. The molecular formula is C18H30N4O3. The van der Waals surface area contributed by atoms with E-state index in [0.29, 0.717) is 24.8 Å². The number of aromatic nitrogens is 2. The summed E-state index contributed by atoms with van der Waals surface area (Å²) in [7, 11) is 1.85. The van der Waals surface area contributed by atoms with Crippen molar-refractivity contribution in [3.05, 3.63) is 17.5 Å². The maximum Gasteiger partial charge on any atom is 0.272 e. The van der Waals surface area contributed by atoms with Crippen molar-refractivity contribution in [2.45, 2.75) is 32.3 Å². The number of hydrogen-bond donors (Lipinski definition) is 0. The summed E-state index contributed by atoms with van der Waals surface area (Å²) in [4.78, 5) is 17.3. The smallest absolute Gasteiger partial charge is 0.272 e. The van der Waals surface area contributed by atoms with E-state index in [1.807, 2.05) is 18.0 Å². The van der Waals surface area contributed by atoms with Crippen molar-refractivity contribution >= 4 is 5.91 Å². The van der Waals surface area contributed by atoms with Gasteiger partial charge in [-0.15, -0.1) is 0 Å².